The number of rotatable bonds is 7. The van der Waals surface area contributed by atoms with Gasteiger partial charge in [-0.2, -0.15) is 0 Å². The highest BCUT2D eigenvalue weighted by atomic mass is 16.5. The number of hydrogen-bond acceptors (Lipinski definition) is 3. The Morgan fingerprint density at radius 2 is 1.88 bits per heavy atom. The van der Waals surface area contributed by atoms with E-state index in [0.717, 1.165) is 22.4 Å². The minimum atomic E-state index is -0.738. The summed E-state index contributed by atoms with van der Waals surface area (Å²) < 4.78 is 5.51. The summed E-state index contributed by atoms with van der Waals surface area (Å²) in [5, 5.41) is 12.9. The molecule has 2 rings (SSSR count). The molecule has 2 aromatic carbocycles. The minimum absolute atomic E-state index is 0.177. The fourth-order valence-electron chi connectivity index (χ4n) is 2.44. The standard InChI is InChI=1S/C20H26N2O3/c1-15-8-7-11-19(16(15)2)21-20(24)22(3)12-18(23)14-25-13-17-9-5-4-6-10-17/h4-11,18,23H,12-14H2,1-3H3,(H,21,24). The molecule has 0 radical (unpaired) electrons. The second-order valence-electron chi connectivity index (χ2n) is 6.21. The van der Waals surface area contributed by atoms with Gasteiger partial charge < -0.3 is 20.1 Å². The van der Waals surface area contributed by atoms with E-state index >= 15 is 0 Å². The van der Waals surface area contributed by atoms with Crippen LogP contribution in [0.5, 0.6) is 0 Å². The Hall–Kier alpha value is -2.37. The van der Waals surface area contributed by atoms with Crippen molar-refractivity contribution in [2.75, 3.05) is 25.5 Å². The molecular formula is C20H26N2O3. The Morgan fingerprint density at radius 1 is 1.16 bits per heavy atom. The predicted octanol–water partition coefficient (Wildman–Crippen LogP) is 3.34. The van der Waals surface area contributed by atoms with Crippen molar-refractivity contribution in [1.29, 1.82) is 0 Å². The van der Waals surface area contributed by atoms with E-state index in [1.54, 1.807) is 7.05 Å². The number of likely N-dealkylation sites (N-methyl/N-ethyl adjacent to an activating group) is 1. The first-order valence-electron chi connectivity index (χ1n) is 8.35. The number of carbonyl (C=O) groups is 1. The van der Waals surface area contributed by atoms with Crippen molar-refractivity contribution in [3.8, 4) is 0 Å². The third-order valence-corrected chi connectivity index (χ3v) is 4.10. The molecule has 0 aliphatic carbocycles. The molecule has 0 aliphatic rings. The van der Waals surface area contributed by atoms with Gasteiger partial charge in [0.25, 0.3) is 0 Å². The first-order valence-corrected chi connectivity index (χ1v) is 8.35. The molecule has 2 N–H and O–H groups in total. The molecule has 0 saturated carbocycles. The molecule has 0 fully saturated rings. The Balaban J connectivity index is 1.77. The highest BCUT2D eigenvalue weighted by Crippen LogP contribution is 2.18. The number of ether oxygens (including phenoxy) is 1. The fraction of sp³-hybridized carbons (Fsp3) is 0.350. The first kappa shape index (κ1) is 19.0. The summed E-state index contributed by atoms with van der Waals surface area (Å²) in [5.41, 5.74) is 3.99. The summed E-state index contributed by atoms with van der Waals surface area (Å²) in [4.78, 5) is 13.7. The van der Waals surface area contributed by atoms with Crippen molar-refractivity contribution in [2.24, 2.45) is 0 Å². The van der Waals surface area contributed by atoms with Gasteiger partial charge in [0.1, 0.15) is 0 Å². The van der Waals surface area contributed by atoms with Crippen LogP contribution in [-0.4, -0.2) is 42.3 Å². The molecule has 2 aromatic rings. The third-order valence-electron chi connectivity index (χ3n) is 4.10. The number of urea groups is 1. The number of benzene rings is 2. The van der Waals surface area contributed by atoms with E-state index in [2.05, 4.69) is 5.32 Å². The van der Waals surface area contributed by atoms with Gasteiger partial charge in [0.2, 0.25) is 0 Å². The van der Waals surface area contributed by atoms with Crippen LogP contribution in [-0.2, 0) is 11.3 Å². The zero-order valence-corrected chi connectivity index (χ0v) is 15.0. The van der Waals surface area contributed by atoms with Crippen LogP contribution >= 0.6 is 0 Å². The van der Waals surface area contributed by atoms with Crippen LogP contribution in [0.4, 0.5) is 10.5 Å². The summed E-state index contributed by atoms with van der Waals surface area (Å²) in [6, 6.07) is 15.3. The Kier molecular flexibility index (Phi) is 6.98. The van der Waals surface area contributed by atoms with Gasteiger partial charge in [-0.05, 0) is 36.6 Å². The number of nitrogens with one attached hydrogen (secondary N) is 1. The van der Waals surface area contributed by atoms with Gasteiger partial charge in [-0.1, -0.05) is 42.5 Å². The van der Waals surface area contributed by atoms with Gasteiger partial charge >= 0.3 is 6.03 Å². The number of carbonyl (C=O) groups excluding carboxylic acids is 1. The SMILES string of the molecule is Cc1cccc(NC(=O)N(C)CC(O)COCc2ccccc2)c1C. The van der Waals surface area contributed by atoms with Gasteiger partial charge in [-0.25, -0.2) is 4.79 Å². The normalized spacial score (nSPS) is 11.8. The zero-order chi connectivity index (χ0) is 18.2. The predicted molar refractivity (Wildman–Crippen MR) is 99.7 cm³/mol. The molecule has 5 nitrogen and oxygen atoms in total. The van der Waals surface area contributed by atoms with E-state index in [9.17, 15) is 9.90 Å². The van der Waals surface area contributed by atoms with Gasteiger partial charge in [0.15, 0.2) is 0 Å². The van der Waals surface area contributed by atoms with E-state index < -0.39 is 6.10 Å². The zero-order valence-electron chi connectivity index (χ0n) is 15.0. The molecule has 134 valence electrons. The molecule has 0 aromatic heterocycles. The lowest BCUT2D eigenvalue weighted by molar-refractivity contribution is 0.0188. The van der Waals surface area contributed by atoms with Crippen LogP contribution in [0.25, 0.3) is 0 Å². The molecule has 2 amide bonds. The maximum absolute atomic E-state index is 12.3. The van der Waals surface area contributed by atoms with Crippen LogP contribution < -0.4 is 5.32 Å². The van der Waals surface area contributed by atoms with Crippen molar-refractivity contribution in [2.45, 2.75) is 26.6 Å². The van der Waals surface area contributed by atoms with Gasteiger partial charge in [0.05, 0.1) is 25.9 Å². The van der Waals surface area contributed by atoms with Crippen LogP contribution in [0.15, 0.2) is 48.5 Å². The molecule has 0 spiro atoms. The third kappa shape index (κ3) is 5.89. The second kappa shape index (κ2) is 9.20. The number of anilines is 1. The average Bonchev–Trinajstić information content (AvgIpc) is 2.59. The summed E-state index contributed by atoms with van der Waals surface area (Å²) in [7, 11) is 1.65. The Bertz CT molecular complexity index is 689. The van der Waals surface area contributed by atoms with Crippen molar-refractivity contribution in [3.63, 3.8) is 0 Å². The van der Waals surface area contributed by atoms with E-state index in [1.165, 1.54) is 4.90 Å². The molecule has 0 aliphatic heterocycles. The quantitative estimate of drug-likeness (QED) is 0.811. The van der Waals surface area contributed by atoms with Crippen molar-refractivity contribution < 1.29 is 14.6 Å². The van der Waals surface area contributed by atoms with Crippen molar-refractivity contribution >= 4 is 11.7 Å². The molecule has 1 unspecified atom stereocenters. The molecule has 0 saturated heterocycles. The van der Waals surface area contributed by atoms with E-state index in [0.29, 0.717) is 6.61 Å². The second-order valence-corrected chi connectivity index (χ2v) is 6.21. The van der Waals surface area contributed by atoms with Gasteiger partial charge in [-0.15, -0.1) is 0 Å². The summed E-state index contributed by atoms with van der Waals surface area (Å²) in [6.45, 7) is 4.79. The smallest absolute Gasteiger partial charge is 0.321 e. The van der Waals surface area contributed by atoms with E-state index in [-0.39, 0.29) is 19.2 Å². The molecular weight excluding hydrogens is 316 g/mol. The molecule has 5 heteroatoms. The topological polar surface area (TPSA) is 61.8 Å². The summed E-state index contributed by atoms with van der Waals surface area (Å²) in [5.74, 6) is 0. The highest BCUT2D eigenvalue weighted by Gasteiger charge is 2.15. The van der Waals surface area contributed by atoms with Crippen molar-refractivity contribution in [3.05, 3.63) is 65.2 Å². The number of amides is 2. The number of aryl methyl sites for hydroxylation is 1. The lowest BCUT2D eigenvalue weighted by Gasteiger charge is -2.22. The van der Waals surface area contributed by atoms with Gasteiger partial charge in [0, 0.05) is 12.7 Å². The maximum atomic E-state index is 12.3. The van der Waals surface area contributed by atoms with E-state index in [4.69, 9.17) is 4.74 Å². The number of aliphatic hydroxyl groups excluding tert-OH is 1. The van der Waals surface area contributed by atoms with Crippen LogP contribution in [0.2, 0.25) is 0 Å². The monoisotopic (exact) mass is 342 g/mol. The van der Waals surface area contributed by atoms with Crippen LogP contribution in [0, 0.1) is 13.8 Å². The number of aliphatic hydroxyl groups is 1. The minimum Gasteiger partial charge on any atom is -0.389 e. The van der Waals surface area contributed by atoms with Crippen LogP contribution in [0.3, 0.4) is 0 Å². The van der Waals surface area contributed by atoms with Crippen molar-refractivity contribution in [1.82, 2.24) is 4.90 Å². The Labute approximate surface area is 149 Å². The summed E-state index contributed by atoms with van der Waals surface area (Å²) in [6.07, 6.45) is -0.738. The lowest BCUT2D eigenvalue weighted by Crippen LogP contribution is -2.39. The van der Waals surface area contributed by atoms with E-state index in [1.807, 2.05) is 62.4 Å². The van der Waals surface area contributed by atoms with Gasteiger partial charge in [-0.3, -0.25) is 0 Å². The number of hydrogen-bond donors (Lipinski definition) is 2. The Morgan fingerprint density at radius 3 is 2.60 bits per heavy atom. The summed E-state index contributed by atoms with van der Waals surface area (Å²) >= 11 is 0. The lowest BCUT2D eigenvalue weighted by atomic mass is 10.1. The maximum Gasteiger partial charge on any atom is 0.321 e. The molecule has 25 heavy (non-hydrogen) atoms. The van der Waals surface area contributed by atoms with Crippen LogP contribution in [0.1, 0.15) is 16.7 Å². The number of nitrogens with zero attached hydrogens (tertiary/aromatic N) is 1. The molecule has 1 atom stereocenters. The highest BCUT2D eigenvalue weighted by molar-refractivity contribution is 5.90. The fourth-order valence-corrected chi connectivity index (χ4v) is 2.44. The molecule has 0 heterocycles. The first-order chi connectivity index (χ1) is 12.0. The largest absolute Gasteiger partial charge is 0.389 e. The molecule has 0 bridgehead atoms. The average molecular weight is 342 g/mol.